The van der Waals surface area contributed by atoms with E-state index >= 15 is 0 Å². The fourth-order valence-electron chi connectivity index (χ4n) is 1.59. The van der Waals surface area contributed by atoms with Crippen LogP contribution in [0.3, 0.4) is 0 Å². The quantitative estimate of drug-likeness (QED) is 0.460. The largest absolute Gasteiger partial charge is 0.488 e. The molecule has 0 bridgehead atoms. The molecule has 1 rings (SSSR count). The summed E-state index contributed by atoms with van der Waals surface area (Å²) in [6.45, 7) is 7.55. The van der Waals surface area contributed by atoms with Gasteiger partial charge in [-0.25, -0.2) is 4.98 Å². The number of hydrogen-bond acceptors (Lipinski definition) is 4. The summed E-state index contributed by atoms with van der Waals surface area (Å²) >= 11 is 0. The van der Waals surface area contributed by atoms with Gasteiger partial charge < -0.3 is 0 Å². The third kappa shape index (κ3) is 5.89. The van der Waals surface area contributed by atoms with Crippen molar-refractivity contribution in [2.75, 3.05) is 19.4 Å². The maximum absolute atomic E-state index is 6.00. The second-order valence-electron chi connectivity index (χ2n) is 4.30. The van der Waals surface area contributed by atoms with Crippen LogP contribution >= 0.6 is 7.94 Å². The second kappa shape index (κ2) is 9.29. The van der Waals surface area contributed by atoms with Crippen molar-refractivity contribution in [2.24, 2.45) is 0 Å². The van der Waals surface area contributed by atoms with Gasteiger partial charge in [0.2, 0.25) is 0 Å². The minimum Gasteiger partial charge on any atom is -0.241 e. The lowest BCUT2D eigenvalue weighted by molar-refractivity contribution is 0.128. The summed E-state index contributed by atoms with van der Waals surface area (Å²) < 4.78 is 19.4. The topological polar surface area (TPSA) is 45.5 Å². The first-order chi connectivity index (χ1) is 9.26. The van der Waals surface area contributed by atoms with E-state index < -0.39 is 7.94 Å². The third-order valence-electron chi connectivity index (χ3n) is 2.60. The molecule has 1 heterocycles. The highest BCUT2D eigenvalue weighted by Crippen LogP contribution is 2.59. The summed E-state index contributed by atoms with van der Waals surface area (Å²) in [7, 11) is -2.31. The molecule has 0 spiro atoms. The Morgan fingerprint density at radius 2 is 1.89 bits per heavy atom. The van der Waals surface area contributed by atoms with Gasteiger partial charge in [0, 0.05) is 6.20 Å². The molecule has 0 aromatic carbocycles. The molecule has 0 aliphatic rings. The molecule has 1 aromatic heterocycles. The Labute approximate surface area is 116 Å². The molecule has 0 aliphatic heterocycles. The molecule has 0 N–H and O–H groups in total. The molecular weight excluding hydrogens is 263 g/mol. The molecule has 1 aromatic rings. The summed E-state index contributed by atoms with van der Waals surface area (Å²) in [5, 5.41) is 0. The minimum absolute atomic E-state index is 0.596. The van der Waals surface area contributed by atoms with Crippen molar-refractivity contribution in [1.29, 1.82) is 0 Å². The Balaban J connectivity index is 2.70. The molecule has 19 heavy (non-hydrogen) atoms. The number of hydrogen-bond donors (Lipinski definition) is 0. The van der Waals surface area contributed by atoms with Crippen LogP contribution in [0.25, 0.3) is 0 Å². The molecule has 0 saturated carbocycles. The van der Waals surface area contributed by atoms with Crippen LogP contribution in [0.1, 0.15) is 46.5 Å². The summed E-state index contributed by atoms with van der Waals surface area (Å²) in [5.41, 5.74) is 0. The van der Waals surface area contributed by atoms with Gasteiger partial charge in [0.1, 0.15) is 6.33 Å². The predicted octanol–water partition coefficient (Wildman–Crippen LogP) is 3.73. The summed E-state index contributed by atoms with van der Waals surface area (Å²) in [6, 6.07) is 0. The molecule has 5 nitrogen and oxygen atoms in total. The third-order valence-corrected chi connectivity index (χ3v) is 5.12. The van der Waals surface area contributed by atoms with Crippen molar-refractivity contribution in [3.8, 4) is 0 Å². The first-order valence-electron chi connectivity index (χ1n) is 7.11. The van der Waals surface area contributed by atoms with E-state index in [2.05, 4.69) is 18.8 Å². The maximum atomic E-state index is 6.00. The number of nitrogens with zero attached hydrogens (tertiary/aromatic N) is 2. The second-order valence-corrected chi connectivity index (χ2v) is 6.65. The van der Waals surface area contributed by atoms with E-state index in [1.807, 2.05) is 6.92 Å². The SMILES string of the molecule is CCCCO[P+](CCCC)(OCC)On1ccnc1. The van der Waals surface area contributed by atoms with Crippen LogP contribution in [-0.2, 0) is 9.05 Å². The normalized spacial score (nSPS) is 14.3. The maximum Gasteiger partial charge on any atom is 0.488 e. The first-order valence-corrected chi connectivity index (χ1v) is 8.84. The molecule has 0 amide bonds. The van der Waals surface area contributed by atoms with Gasteiger partial charge in [-0.15, -0.1) is 4.73 Å². The molecular formula is C13H26N2O3P+. The van der Waals surface area contributed by atoms with Crippen molar-refractivity contribution in [3.63, 3.8) is 0 Å². The predicted molar refractivity (Wildman–Crippen MR) is 78.0 cm³/mol. The van der Waals surface area contributed by atoms with Crippen LogP contribution in [0.2, 0.25) is 0 Å². The van der Waals surface area contributed by atoms with E-state index in [1.165, 1.54) is 0 Å². The van der Waals surface area contributed by atoms with E-state index in [4.69, 9.17) is 13.7 Å². The lowest BCUT2D eigenvalue weighted by atomic mass is 10.4. The monoisotopic (exact) mass is 289 g/mol. The highest BCUT2D eigenvalue weighted by atomic mass is 31.2. The summed E-state index contributed by atoms with van der Waals surface area (Å²) in [5.74, 6) is 0. The van der Waals surface area contributed by atoms with Crippen molar-refractivity contribution in [3.05, 3.63) is 18.7 Å². The van der Waals surface area contributed by atoms with E-state index in [9.17, 15) is 0 Å². The first kappa shape index (κ1) is 16.4. The van der Waals surface area contributed by atoms with Crippen LogP contribution in [0.5, 0.6) is 0 Å². The number of rotatable bonds is 11. The zero-order chi connectivity index (χ0) is 14.0. The lowest BCUT2D eigenvalue weighted by Crippen LogP contribution is -2.20. The fourth-order valence-corrected chi connectivity index (χ4v) is 3.99. The van der Waals surface area contributed by atoms with Gasteiger partial charge in [-0.3, -0.25) is 0 Å². The Morgan fingerprint density at radius 1 is 1.11 bits per heavy atom. The molecule has 110 valence electrons. The Hall–Kier alpha value is -0.640. The molecule has 0 radical (unpaired) electrons. The number of unbranched alkanes of at least 4 members (excludes halogenated alkanes) is 2. The summed E-state index contributed by atoms with van der Waals surface area (Å²) in [6.07, 6.45) is 10.2. The van der Waals surface area contributed by atoms with Gasteiger partial charge >= 0.3 is 7.94 Å². The van der Waals surface area contributed by atoms with E-state index in [0.29, 0.717) is 13.2 Å². The minimum atomic E-state index is -2.31. The highest BCUT2D eigenvalue weighted by Gasteiger charge is 2.47. The van der Waals surface area contributed by atoms with Gasteiger partial charge in [0.15, 0.2) is 6.16 Å². The Kier molecular flexibility index (Phi) is 8.03. The van der Waals surface area contributed by atoms with Gasteiger partial charge in [-0.1, -0.05) is 26.7 Å². The summed E-state index contributed by atoms with van der Waals surface area (Å²) in [4.78, 5) is 3.99. The van der Waals surface area contributed by atoms with Crippen molar-refractivity contribution < 1.29 is 13.7 Å². The zero-order valence-electron chi connectivity index (χ0n) is 12.2. The van der Waals surface area contributed by atoms with Crippen LogP contribution in [0.4, 0.5) is 0 Å². The molecule has 0 aliphatic carbocycles. The van der Waals surface area contributed by atoms with Gasteiger partial charge in [0.25, 0.3) is 0 Å². The van der Waals surface area contributed by atoms with E-state index in [-0.39, 0.29) is 0 Å². The number of imidazole rings is 1. The molecule has 6 heteroatoms. The molecule has 1 atom stereocenters. The average molecular weight is 289 g/mol. The lowest BCUT2D eigenvalue weighted by Gasteiger charge is -2.21. The zero-order valence-corrected chi connectivity index (χ0v) is 13.1. The number of aromatic nitrogens is 2. The molecule has 0 saturated heterocycles. The van der Waals surface area contributed by atoms with Gasteiger partial charge in [0.05, 0.1) is 19.4 Å². The van der Waals surface area contributed by atoms with Crippen LogP contribution in [0, 0.1) is 0 Å². The van der Waals surface area contributed by atoms with Crippen LogP contribution in [-0.4, -0.2) is 29.1 Å². The molecule has 0 fully saturated rings. The van der Waals surface area contributed by atoms with Gasteiger partial charge in [-0.05, 0) is 19.8 Å². The Morgan fingerprint density at radius 3 is 2.47 bits per heavy atom. The average Bonchev–Trinajstić information content (AvgIpc) is 2.90. The molecule has 1 unspecified atom stereocenters. The van der Waals surface area contributed by atoms with Crippen LogP contribution in [0.15, 0.2) is 18.7 Å². The Bertz CT molecular complexity index is 322. The van der Waals surface area contributed by atoms with Crippen molar-refractivity contribution in [1.82, 2.24) is 9.71 Å². The highest BCUT2D eigenvalue weighted by molar-refractivity contribution is 7.61. The fraction of sp³-hybridized carbons (Fsp3) is 0.769. The van der Waals surface area contributed by atoms with E-state index in [1.54, 1.807) is 23.5 Å². The van der Waals surface area contributed by atoms with Gasteiger partial charge in [-0.2, -0.15) is 13.7 Å². The van der Waals surface area contributed by atoms with E-state index in [0.717, 1.165) is 31.8 Å². The van der Waals surface area contributed by atoms with Crippen molar-refractivity contribution in [2.45, 2.75) is 46.5 Å². The van der Waals surface area contributed by atoms with Crippen LogP contribution < -0.4 is 4.62 Å². The standard InChI is InChI=1S/C13H26N2O3P/c1-4-7-11-17-19(16-6-3,12-8-5-2)18-15-10-9-14-13-15/h9-10,13H,4-8,11-12H2,1-3H3/q+1. The van der Waals surface area contributed by atoms with Crippen molar-refractivity contribution >= 4 is 7.94 Å². The smallest absolute Gasteiger partial charge is 0.241 e.